The van der Waals surface area contributed by atoms with Crippen molar-refractivity contribution in [1.82, 2.24) is 4.57 Å². The highest BCUT2D eigenvalue weighted by Crippen LogP contribution is 2.38. The van der Waals surface area contributed by atoms with Crippen LogP contribution in [-0.2, 0) is 0 Å². The zero-order chi connectivity index (χ0) is 21.9. The van der Waals surface area contributed by atoms with Gasteiger partial charge in [-0.3, -0.25) is 0 Å². The number of fused-ring (bicyclic) bond motifs is 6. The standard InChI is InChI=1S/C30H18ClNS/c31-21-12-9-19(10-13-21)20-11-15-24-23-5-1-3-7-27(23)32(28(24)17-20)22-14-16-26-25-6-2-4-8-29(25)33-30(26)18-22/h1-18H. The van der Waals surface area contributed by atoms with Crippen molar-refractivity contribution in [3.63, 3.8) is 0 Å². The van der Waals surface area contributed by atoms with Gasteiger partial charge >= 0.3 is 0 Å². The van der Waals surface area contributed by atoms with E-state index < -0.39 is 0 Å². The van der Waals surface area contributed by atoms with E-state index in [4.69, 9.17) is 11.6 Å². The van der Waals surface area contributed by atoms with E-state index in [1.165, 1.54) is 53.2 Å². The maximum absolute atomic E-state index is 6.13. The molecule has 0 atom stereocenters. The molecule has 0 saturated heterocycles. The highest BCUT2D eigenvalue weighted by Gasteiger charge is 2.14. The van der Waals surface area contributed by atoms with Crippen LogP contribution in [-0.4, -0.2) is 4.57 Å². The number of rotatable bonds is 2. The van der Waals surface area contributed by atoms with Crippen LogP contribution < -0.4 is 0 Å². The average Bonchev–Trinajstić information content (AvgIpc) is 3.39. The molecule has 0 aliphatic heterocycles. The summed E-state index contributed by atoms with van der Waals surface area (Å²) in [5.74, 6) is 0. The lowest BCUT2D eigenvalue weighted by atomic mass is 10.0. The Morgan fingerprint density at radius 2 is 1.18 bits per heavy atom. The number of nitrogens with zero attached hydrogens (tertiary/aromatic N) is 1. The summed E-state index contributed by atoms with van der Waals surface area (Å²) >= 11 is 7.99. The summed E-state index contributed by atoms with van der Waals surface area (Å²) in [6, 6.07) is 39.0. The van der Waals surface area contributed by atoms with E-state index in [2.05, 4.69) is 102 Å². The van der Waals surface area contributed by atoms with Gasteiger partial charge in [0.25, 0.3) is 0 Å². The number of hydrogen-bond donors (Lipinski definition) is 0. The number of hydrogen-bond acceptors (Lipinski definition) is 1. The monoisotopic (exact) mass is 459 g/mol. The molecule has 33 heavy (non-hydrogen) atoms. The topological polar surface area (TPSA) is 4.93 Å². The van der Waals surface area contributed by atoms with Crippen LogP contribution in [0.5, 0.6) is 0 Å². The van der Waals surface area contributed by atoms with Gasteiger partial charge in [0.2, 0.25) is 0 Å². The average molecular weight is 460 g/mol. The van der Waals surface area contributed by atoms with Gasteiger partial charge in [0.05, 0.1) is 11.0 Å². The predicted octanol–water partition coefficient (Wildman–Crippen LogP) is 9.47. The smallest absolute Gasteiger partial charge is 0.0547 e. The second-order valence-electron chi connectivity index (χ2n) is 8.37. The third-order valence-corrected chi connectivity index (χ3v) is 7.86. The molecule has 2 heterocycles. The highest BCUT2D eigenvalue weighted by molar-refractivity contribution is 7.25. The normalized spacial score (nSPS) is 11.8. The molecule has 0 fully saturated rings. The third-order valence-electron chi connectivity index (χ3n) is 6.47. The Bertz CT molecular complexity index is 1820. The summed E-state index contributed by atoms with van der Waals surface area (Å²) in [4.78, 5) is 0. The van der Waals surface area contributed by atoms with Gasteiger partial charge in [0.1, 0.15) is 0 Å². The van der Waals surface area contributed by atoms with Gasteiger partial charge in [-0.1, -0.05) is 78.3 Å². The van der Waals surface area contributed by atoms with Crippen molar-refractivity contribution >= 4 is 64.9 Å². The molecule has 0 unspecified atom stereocenters. The van der Waals surface area contributed by atoms with Gasteiger partial charge in [-0.25, -0.2) is 0 Å². The molecule has 0 saturated carbocycles. The van der Waals surface area contributed by atoms with Crippen molar-refractivity contribution in [2.45, 2.75) is 0 Å². The van der Waals surface area contributed by atoms with Crippen LogP contribution in [0.1, 0.15) is 0 Å². The maximum atomic E-state index is 6.13. The van der Waals surface area contributed by atoms with Crippen molar-refractivity contribution in [2.24, 2.45) is 0 Å². The van der Waals surface area contributed by atoms with Crippen LogP contribution in [0.2, 0.25) is 5.02 Å². The van der Waals surface area contributed by atoms with Gasteiger partial charge in [0, 0.05) is 41.7 Å². The molecule has 0 amide bonds. The molecular weight excluding hydrogens is 442 g/mol. The van der Waals surface area contributed by atoms with E-state index in [1.54, 1.807) is 0 Å². The SMILES string of the molecule is Clc1ccc(-c2ccc3c4ccccc4n(-c4ccc5c(c4)sc4ccccc45)c3c2)cc1. The molecule has 0 aliphatic rings. The zero-order valence-corrected chi connectivity index (χ0v) is 19.2. The molecule has 1 nitrogen and oxygen atoms in total. The summed E-state index contributed by atoms with van der Waals surface area (Å²) < 4.78 is 5.04. The lowest BCUT2D eigenvalue weighted by Gasteiger charge is -2.09. The van der Waals surface area contributed by atoms with Crippen LogP contribution in [0.3, 0.4) is 0 Å². The number of para-hydroxylation sites is 1. The molecule has 156 valence electrons. The molecule has 5 aromatic carbocycles. The first-order valence-corrected chi connectivity index (χ1v) is 12.2. The Morgan fingerprint density at radius 1 is 0.515 bits per heavy atom. The Balaban J connectivity index is 1.52. The Hall–Kier alpha value is -3.59. The van der Waals surface area contributed by atoms with E-state index in [1.807, 2.05) is 23.5 Å². The fourth-order valence-corrected chi connectivity index (χ4v) is 6.19. The molecule has 0 bridgehead atoms. The van der Waals surface area contributed by atoms with E-state index in [0.717, 1.165) is 10.6 Å². The maximum Gasteiger partial charge on any atom is 0.0547 e. The third kappa shape index (κ3) is 2.92. The fourth-order valence-electron chi connectivity index (χ4n) is 4.92. The first-order chi connectivity index (χ1) is 16.3. The molecule has 7 aromatic rings. The minimum atomic E-state index is 0.755. The summed E-state index contributed by atoms with van der Waals surface area (Å²) in [5.41, 5.74) is 5.98. The van der Waals surface area contributed by atoms with E-state index in [9.17, 15) is 0 Å². The van der Waals surface area contributed by atoms with Gasteiger partial charge < -0.3 is 4.57 Å². The second kappa shape index (κ2) is 7.21. The van der Waals surface area contributed by atoms with Gasteiger partial charge in [-0.05, 0) is 53.6 Å². The Morgan fingerprint density at radius 3 is 2.06 bits per heavy atom. The quantitative estimate of drug-likeness (QED) is 0.242. The van der Waals surface area contributed by atoms with Crippen molar-refractivity contribution < 1.29 is 0 Å². The Kier molecular flexibility index (Phi) is 4.14. The molecule has 0 aliphatic carbocycles. The van der Waals surface area contributed by atoms with Crippen molar-refractivity contribution in [3.8, 4) is 16.8 Å². The number of benzene rings is 5. The molecule has 2 aromatic heterocycles. The summed E-state index contributed by atoms with van der Waals surface area (Å²) in [7, 11) is 0. The predicted molar refractivity (Wildman–Crippen MR) is 144 cm³/mol. The first-order valence-electron chi connectivity index (χ1n) is 11.0. The van der Waals surface area contributed by atoms with Crippen molar-refractivity contribution in [1.29, 1.82) is 0 Å². The summed E-state index contributed by atoms with van der Waals surface area (Å²) in [6.45, 7) is 0. The van der Waals surface area contributed by atoms with Crippen molar-refractivity contribution in [3.05, 3.63) is 114 Å². The fraction of sp³-hybridized carbons (Fsp3) is 0. The molecule has 0 N–H and O–H groups in total. The largest absolute Gasteiger partial charge is 0.309 e. The molecule has 7 rings (SSSR count). The van der Waals surface area contributed by atoms with Crippen LogP contribution in [0.15, 0.2) is 109 Å². The number of aromatic nitrogens is 1. The molecule has 3 heteroatoms. The number of thiophene rings is 1. The first kappa shape index (κ1) is 18.9. The molecular formula is C30H18ClNS. The zero-order valence-electron chi connectivity index (χ0n) is 17.6. The minimum absolute atomic E-state index is 0.755. The van der Waals surface area contributed by atoms with E-state index in [-0.39, 0.29) is 0 Å². The Labute approximate surface area is 200 Å². The van der Waals surface area contributed by atoms with Gasteiger partial charge in [-0.2, -0.15) is 0 Å². The number of halogens is 1. The van der Waals surface area contributed by atoms with Crippen LogP contribution >= 0.6 is 22.9 Å². The van der Waals surface area contributed by atoms with Crippen molar-refractivity contribution in [2.75, 3.05) is 0 Å². The van der Waals surface area contributed by atoms with Crippen LogP contribution in [0.25, 0.3) is 58.8 Å². The highest BCUT2D eigenvalue weighted by atomic mass is 35.5. The lowest BCUT2D eigenvalue weighted by molar-refractivity contribution is 1.19. The van der Waals surface area contributed by atoms with Crippen LogP contribution in [0.4, 0.5) is 0 Å². The molecule has 0 spiro atoms. The second-order valence-corrected chi connectivity index (χ2v) is 9.89. The van der Waals surface area contributed by atoms with Gasteiger partial charge in [0.15, 0.2) is 0 Å². The summed E-state index contributed by atoms with van der Waals surface area (Å²) in [6.07, 6.45) is 0. The molecule has 0 radical (unpaired) electrons. The van der Waals surface area contributed by atoms with Crippen LogP contribution in [0, 0.1) is 0 Å². The summed E-state index contributed by atoms with van der Waals surface area (Å²) in [5, 5.41) is 5.94. The lowest BCUT2D eigenvalue weighted by Crippen LogP contribution is -1.93. The minimum Gasteiger partial charge on any atom is -0.309 e. The van der Waals surface area contributed by atoms with E-state index in [0.29, 0.717) is 0 Å². The van der Waals surface area contributed by atoms with Gasteiger partial charge in [-0.15, -0.1) is 11.3 Å². The van der Waals surface area contributed by atoms with E-state index >= 15 is 0 Å².